The van der Waals surface area contributed by atoms with Crippen LogP contribution in [0.5, 0.6) is 0 Å². The third-order valence-electron chi connectivity index (χ3n) is 3.33. The van der Waals surface area contributed by atoms with Crippen molar-refractivity contribution in [3.63, 3.8) is 0 Å². The van der Waals surface area contributed by atoms with Gasteiger partial charge in [-0.05, 0) is 19.8 Å². The molecule has 0 saturated carbocycles. The van der Waals surface area contributed by atoms with Crippen LogP contribution in [0.25, 0.3) is 0 Å². The summed E-state index contributed by atoms with van der Waals surface area (Å²) in [6.45, 7) is 5.08. The monoisotopic (exact) mass is 343 g/mol. The molecule has 0 spiro atoms. The summed E-state index contributed by atoms with van der Waals surface area (Å²) in [6.07, 6.45) is 6.40. The molecule has 8 heteroatoms. The van der Waals surface area contributed by atoms with Gasteiger partial charge in [0.15, 0.2) is 0 Å². The summed E-state index contributed by atoms with van der Waals surface area (Å²) in [5, 5.41) is 12.5. The molecule has 0 aliphatic rings. The minimum Gasteiger partial charge on any atom is -0.354 e. The van der Waals surface area contributed by atoms with E-state index in [0.717, 1.165) is 12.1 Å². The molecule has 1 amide bonds. The zero-order valence-electron chi connectivity index (χ0n) is 12.6. The van der Waals surface area contributed by atoms with Crippen molar-refractivity contribution in [3.8, 4) is 0 Å². The minimum absolute atomic E-state index is 0.0584. The van der Waals surface area contributed by atoms with Gasteiger partial charge in [-0.15, -0.1) is 0 Å². The van der Waals surface area contributed by atoms with E-state index in [1.54, 1.807) is 21.8 Å². The minimum atomic E-state index is -0.339. The first-order valence-electron chi connectivity index (χ1n) is 7.18. The Balaban J connectivity index is 1.79. The molecule has 2 aromatic rings. The van der Waals surface area contributed by atoms with Crippen molar-refractivity contribution in [2.24, 2.45) is 0 Å². The molecule has 1 unspecified atom stereocenters. The van der Waals surface area contributed by atoms with Gasteiger partial charge in [-0.2, -0.15) is 10.2 Å². The molecular formula is C14H19Cl2N5O. The highest BCUT2D eigenvalue weighted by molar-refractivity contribution is 6.31. The lowest BCUT2D eigenvalue weighted by molar-refractivity contribution is -0.124. The Morgan fingerprint density at radius 1 is 1.41 bits per heavy atom. The maximum absolute atomic E-state index is 12.2. The van der Waals surface area contributed by atoms with E-state index in [1.165, 1.54) is 6.20 Å². The molecule has 0 saturated heterocycles. The standard InChI is InChI=1S/C14H19Cl2N5O/c1-3-13(21-8-11(15)7-18-21)14(22)17-5-4-6-20-9-12(16)10(2)19-20/h7-9,13H,3-6H2,1-2H3,(H,17,22). The summed E-state index contributed by atoms with van der Waals surface area (Å²) < 4.78 is 3.38. The van der Waals surface area contributed by atoms with Gasteiger partial charge >= 0.3 is 0 Å². The molecule has 120 valence electrons. The van der Waals surface area contributed by atoms with Crippen LogP contribution in [0.2, 0.25) is 10.0 Å². The number of carbonyl (C=O) groups excluding carboxylic acids is 1. The van der Waals surface area contributed by atoms with Gasteiger partial charge in [0.2, 0.25) is 5.91 Å². The highest BCUT2D eigenvalue weighted by atomic mass is 35.5. The molecule has 1 atom stereocenters. The summed E-state index contributed by atoms with van der Waals surface area (Å²) in [7, 11) is 0. The third-order valence-corrected chi connectivity index (χ3v) is 3.89. The number of aromatic nitrogens is 4. The molecule has 2 aromatic heterocycles. The lowest BCUT2D eigenvalue weighted by Gasteiger charge is -2.15. The average Bonchev–Trinajstić information content (AvgIpc) is 3.03. The molecule has 0 aromatic carbocycles. The van der Waals surface area contributed by atoms with Gasteiger partial charge < -0.3 is 5.32 Å². The van der Waals surface area contributed by atoms with Gasteiger partial charge in [0.05, 0.1) is 21.9 Å². The van der Waals surface area contributed by atoms with E-state index in [-0.39, 0.29) is 11.9 Å². The fourth-order valence-corrected chi connectivity index (χ4v) is 2.45. The molecule has 0 aliphatic heterocycles. The number of rotatable bonds is 7. The zero-order valence-corrected chi connectivity index (χ0v) is 14.1. The van der Waals surface area contributed by atoms with Gasteiger partial charge in [-0.25, -0.2) is 0 Å². The number of nitrogens with zero attached hydrogens (tertiary/aromatic N) is 4. The molecule has 0 radical (unpaired) electrons. The highest BCUT2D eigenvalue weighted by Gasteiger charge is 2.18. The van der Waals surface area contributed by atoms with E-state index in [2.05, 4.69) is 15.5 Å². The summed E-state index contributed by atoms with van der Waals surface area (Å²) in [6, 6.07) is -0.339. The van der Waals surface area contributed by atoms with Crippen molar-refractivity contribution in [1.82, 2.24) is 24.9 Å². The Morgan fingerprint density at radius 2 is 2.18 bits per heavy atom. The van der Waals surface area contributed by atoms with Crippen molar-refractivity contribution in [2.45, 2.75) is 39.3 Å². The first-order valence-corrected chi connectivity index (χ1v) is 7.93. The number of amides is 1. The smallest absolute Gasteiger partial charge is 0.244 e. The summed E-state index contributed by atoms with van der Waals surface area (Å²) in [4.78, 5) is 12.2. The number of aryl methyl sites for hydroxylation is 2. The first kappa shape index (κ1) is 16.8. The predicted molar refractivity (Wildman–Crippen MR) is 86.2 cm³/mol. The molecule has 1 N–H and O–H groups in total. The van der Waals surface area contributed by atoms with Crippen LogP contribution >= 0.6 is 23.2 Å². The molecular weight excluding hydrogens is 325 g/mol. The second-order valence-electron chi connectivity index (χ2n) is 5.03. The number of nitrogens with one attached hydrogen (secondary N) is 1. The topological polar surface area (TPSA) is 64.7 Å². The van der Waals surface area contributed by atoms with Crippen LogP contribution in [-0.2, 0) is 11.3 Å². The van der Waals surface area contributed by atoms with Gasteiger partial charge in [0.1, 0.15) is 6.04 Å². The predicted octanol–water partition coefficient (Wildman–Crippen LogP) is 2.85. The maximum Gasteiger partial charge on any atom is 0.244 e. The van der Waals surface area contributed by atoms with Crippen LogP contribution in [0.3, 0.4) is 0 Å². The number of carbonyl (C=O) groups is 1. The van der Waals surface area contributed by atoms with E-state index in [1.807, 2.05) is 13.8 Å². The third kappa shape index (κ3) is 4.24. The van der Waals surface area contributed by atoms with E-state index in [4.69, 9.17) is 23.2 Å². The van der Waals surface area contributed by atoms with Gasteiger partial charge in [0, 0.05) is 25.5 Å². The van der Waals surface area contributed by atoms with Gasteiger partial charge in [-0.1, -0.05) is 30.1 Å². The molecule has 0 bridgehead atoms. The van der Waals surface area contributed by atoms with Crippen LogP contribution in [0, 0.1) is 6.92 Å². The van der Waals surface area contributed by atoms with Crippen molar-refractivity contribution >= 4 is 29.1 Å². The largest absolute Gasteiger partial charge is 0.354 e. The molecule has 2 heterocycles. The number of hydrogen-bond donors (Lipinski definition) is 1. The van der Waals surface area contributed by atoms with Gasteiger partial charge in [0.25, 0.3) is 0 Å². The van der Waals surface area contributed by atoms with Crippen LogP contribution in [0.15, 0.2) is 18.6 Å². The highest BCUT2D eigenvalue weighted by Crippen LogP contribution is 2.14. The van der Waals surface area contributed by atoms with Crippen LogP contribution in [0.1, 0.15) is 31.5 Å². The van der Waals surface area contributed by atoms with Crippen LogP contribution in [0.4, 0.5) is 0 Å². The summed E-state index contributed by atoms with van der Waals surface area (Å²) in [5.41, 5.74) is 0.812. The lowest BCUT2D eigenvalue weighted by atomic mass is 10.2. The molecule has 0 fully saturated rings. The molecule has 6 nitrogen and oxygen atoms in total. The Hall–Kier alpha value is -1.53. The molecule has 0 aliphatic carbocycles. The Labute approximate surface area is 139 Å². The number of hydrogen-bond acceptors (Lipinski definition) is 3. The fourth-order valence-electron chi connectivity index (χ4n) is 2.16. The summed E-state index contributed by atoms with van der Waals surface area (Å²) in [5.74, 6) is -0.0584. The van der Waals surface area contributed by atoms with Crippen LogP contribution < -0.4 is 5.32 Å². The first-order chi connectivity index (χ1) is 10.5. The van der Waals surface area contributed by atoms with Crippen molar-refractivity contribution < 1.29 is 4.79 Å². The normalized spacial score (nSPS) is 12.4. The van der Waals surface area contributed by atoms with Crippen molar-refractivity contribution in [2.75, 3.05) is 6.54 Å². The van der Waals surface area contributed by atoms with E-state index < -0.39 is 0 Å². The van der Waals surface area contributed by atoms with Crippen molar-refractivity contribution in [1.29, 1.82) is 0 Å². The Kier molecular flexibility index (Phi) is 5.85. The maximum atomic E-state index is 12.2. The SMILES string of the molecule is CCC(C(=O)NCCCn1cc(Cl)c(C)n1)n1cc(Cl)cn1. The van der Waals surface area contributed by atoms with Gasteiger partial charge in [-0.3, -0.25) is 14.2 Å². The van der Waals surface area contributed by atoms with E-state index in [0.29, 0.717) is 29.6 Å². The second kappa shape index (κ2) is 7.65. The number of halogens is 2. The van der Waals surface area contributed by atoms with E-state index in [9.17, 15) is 4.79 Å². The average molecular weight is 344 g/mol. The molecule has 22 heavy (non-hydrogen) atoms. The van der Waals surface area contributed by atoms with Crippen LogP contribution in [-0.4, -0.2) is 32.0 Å². The Bertz CT molecular complexity index is 617. The Morgan fingerprint density at radius 3 is 2.73 bits per heavy atom. The van der Waals surface area contributed by atoms with Crippen molar-refractivity contribution in [3.05, 3.63) is 34.3 Å². The summed E-state index contributed by atoms with van der Waals surface area (Å²) >= 11 is 11.8. The molecule has 2 rings (SSSR count). The second-order valence-corrected chi connectivity index (χ2v) is 5.88. The fraction of sp³-hybridized carbons (Fsp3) is 0.500. The zero-order chi connectivity index (χ0) is 16.1. The quantitative estimate of drug-likeness (QED) is 0.786. The van der Waals surface area contributed by atoms with E-state index >= 15 is 0 Å². The lowest BCUT2D eigenvalue weighted by Crippen LogP contribution is -2.33.